The van der Waals surface area contributed by atoms with E-state index in [2.05, 4.69) is 9.97 Å². The first-order valence-corrected chi connectivity index (χ1v) is 10.8. The van der Waals surface area contributed by atoms with Crippen molar-refractivity contribution in [3.63, 3.8) is 0 Å². The molecule has 1 aliphatic carbocycles. The number of rotatable bonds is 2. The highest BCUT2D eigenvalue weighted by atomic mass is 32.2. The van der Waals surface area contributed by atoms with E-state index in [1.807, 2.05) is 0 Å². The molecule has 148 valence electrons. The maximum Gasteiger partial charge on any atom is 0.254 e. The molecule has 0 saturated carbocycles. The summed E-state index contributed by atoms with van der Waals surface area (Å²) in [5, 5.41) is 5.12. The number of aromatic nitrogens is 2. The number of likely N-dealkylation sites (tertiary alicyclic amines) is 1. The number of primary sulfonamides is 1. The third-order valence-corrected chi connectivity index (χ3v) is 6.71. The predicted molar refractivity (Wildman–Crippen MR) is 103 cm³/mol. The molecule has 1 saturated heterocycles. The van der Waals surface area contributed by atoms with Crippen molar-refractivity contribution in [2.75, 3.05) is 13.1 Å². The highest BCUT2D eigenvalue weighted by molar-refractivity contribution is 7.89. The number of H-pyrrole nitrogens is 1. The van der Waals surface area contributed by atoms with Crippen molar-refractivity contribution in [1.82, 2.24) is 14.9 Å². The molecule has 1 aliphatic heterocycles. The summed E-state index contributed by atoms with van der Waals surface area (Å²) in [7, 11) is -3.80. The van der Waals surface area contributed by atoms with Gasteiger partial charge in [0.15, 0.2) is 0 Å². The van der Waals surface area contributed by atoms with Crippen LogP contribution >= 0.6 is 0 Å². The van der Waals surface area contributed by atoms with E-state index in [0.717, 1.165) is 30.5 Å². The highest BCUT2D eigenvalue weighted by Crippen LogP contribution is 2.43. The van der Waals surface area contributed by atoms with Crippen molar-refractivity contribution >= 4 is 15.9 Å². The molecule has 3 N–H and O–H groups in total. The van der Waals surface area contributed by atoms with Crippen LogP contribution in [0.15, 0.2) is 34.0 Å². The Labute approximate surface area is 162 Å². The number of nitrogens with two attached hydrogens (primary N) is 1. The maximum absolute atomic E-state index is 13.0. The Morgan fingerprint density at radius 3 is 2.64 bits per heavy atom. The summed E-state index contributed by atoms with van der Waals surface area (Å²) in [5.41, 5.74) is 1.61. The van der Waals surface area contributed by atoms with E-state index >= 15 is 0 Å². The summed E-state index contributed by atoms with van der Waals surface area (Å²) in [6.07, 6.45) is 3.19. The summed E-state index contributed by atoms with van der Waals surface area (Å²) >= 11 is 0. The molecular formula is C19H22N4O4S. The monoisotopic (exact) mass is 402 g/mol. The van der Waals surface area contributed by atoms with Crippen LogP contribution in [0.2, 0.25) is 0 Å². The molecule has 8 nitrogen and oxygen atoms in total. The van der Waals surface area contributed by atoms with E-state index in [1.54, 1.807) is 11.8 Å². The molecule has 28 heavy (non-hydrogen) atoms. The van der Waals surface area contributed by atoms with Gasteiger partial charge < -0.3 is 9.88 Å². The predicted octanol–water partition coefficient (Wildman–Crippen LogP) is 0.846. The number of piperidine rings is 1. The molecule has 1 amide bonds. The van der Waals surface area contributed by atoms with Crippen LogP contribution in [-0.2, 0) is 21.9 Å². The lowest BCUT2D eigenvalue weighted by atomic mass is 9.77. The van der Waals surface area contributed by atoms with Crippen molar-refractivity contribution in [3.8, 4) is 0 Å². The van der Waals surface area contributed by atoms with Crippen LogP contribution in [-0.4, -0.2) is 42.3 Å². The minimum absolute atomic E-state index is 0.0252. The van der Waals surface area contributed by atoms with Crippen LogP contribution in [0, 0.1) is 6.92 Å². The zero-order chi connectivity index (χ0) is 20.1. The van der Waals surface area contributed by atoms with Crippen LogP contribution in [0.3, 0.4) is 0 Å². The van der Waals surface area contributed by atoms with Crippen molar-refractivity contribution in [3.05, 3.63) is 57.3 Å². The maximum atomic E-state index is 13.0. The molecule has 9 heteroatoms. The first-order chi connectivity index (χ1) is 13.2. The van der Waals surface area contributed by atoms with Gasteiger partial charge in [0, 0.05) is 29.6 Å². The Morgan fingerprint density at radius 1 is 1.25 bits per heavy atom. The fraction of sp³-hybridized carbons (Fsp3) is 0.421. The molecule has 1 aromatic carbocycles. The minimum Gasteiger partial charge on any atom is -0.338 e. The number of nitrogens with one attached hydrogen (secondary N) is 1. The zero-order valence-electron chi connectivity index (χ0n) is 15.6. The van der Waals surface area contributed by atoms with Gasteiger partial charge in [0.1, 0.15) is 5.82 Å². The fourth-order valence-electron chi connectivity index (χ4n) is 4.44. The van der Waals surface area contributed by atoms with Crippen LogP contribution in [0.4, 0.5) is 0 Å². The van der Waals surface area contributed by atoms with E-state index in [9.17, 15) is 18.0 Å². The molecule has 4 rings (SSSR count). The molecule has 1 fully saturated rings. The number of nitrogens with zero attached hydrogens (tertiary/aromatic N) is 2. The number of aromatic amines is 1. The summed E-state index contributed by atoms with van der Waals surface area (Å²) < 4.78 is 22.8. The number of carbonyl (C=O) groups excluding carboxylic acids is 1. The van der Waals surface area contributed by atoms with Gasteiger partial charge in [-0.3, -0.25) is 9.59 Å². The van der Waals surface area contributed by atoms with Crippen molar-refractivity contribution in [2.45, 2.75) is 42.9 Å². The van der Waals surface area contributed by atoms with Gasteiger partial charge in [0.05, 0.1) is 10.6 Å². The van der Waals surface area contributed by atoms with E-state index in [4.69, 9.17) is 5.14 Å². The third kappa shape index (κ3) is 3.14. The molecule has 0 radical (unpaired) electrons. The Balaban J connectivity index is 1.62. The van der Waals surface area contributed by atoms with E-state index in [0.29, 0.717) is 30.9 Å². The largest absolute Gasteiger partial charge is 0.338 e. The normalized spacial score (nSPS) is 21.7. The average molecular weight is 402 g/mol. The molecule has 2 heterocycles. The number of sulfonamides is 1. The van der Waals surface area contributed by atoms with Gasteiger partial charge in [-0.1, -0.05) is 0 Å². The molecule has 1 atom stereocenters. The lowest BCUT2D eigenvalue weighted by molar-refractivity contribution is 0.0633. The fourth-order valence-corrected chi connectivity index (χ4v) is 4.95. The lowest BCUT2D eigenvalue weighted by Crippen LogP contribution is -2.48. The third-order valence-electron chi connectivity index (χ3n) is 5.78. The Morgan fingerprint density at radius 2 is 1.96 bits per heavy atom. The first-order valence-electron chi connectivity index (χ1n) is 9.22. The Kier molecular flexibility index (Phi) is 4.39. The minimum atomic E-state index is -3.80. The summed E-state index contributed by atoms with van der Waals surface area (Å²) in [4.78, 5) is 34.4. The van der Waals surface area contributed by atoms with Gasteiger partial charge in [-0.25, -0.2) is 18.5 Å². The second kappa shape index (κ2) is 6.52. The van der Waals surface area contributed by atoms with Crippen LogP contribution in [0.5, 0.6) is 0 Å². The Bertz CT molecular complexity index is 1110. The average Bonchev–Trinajstić information content (AvgIpc) is 2.98. The Hall–Kier alpha value is -2.52. The highest BCUT2D eigenvalue weighted by Gasteiger charge is 2.45. The lowest BCUT2D eigenvalue weighted by Gasteiger charge is -2.40. The quantitative estimate of drug-likeness (QED) is 0.770. The number of fused-ring (bicyclic) bond motifs is 2. The topological polar surface area (TPSA) is 126 Å². The van der Waals surface area contributed by atoms with Crippen molar-refractivity contribution < 1.29 is 13.2 Å². The van der Waals surface area contributed by atoms with Gasteiger partial charge in [0.25, 0.3) is 11.5 Å². The molecular weight excluding hydrogens is 380 g/mol. The second-order valence-corrected chi connectivity index (χ2v) is 9.22. The summed E-state index contributed by atoms with van der Waals surface area (Å²) in [6, 6.07) is 5.66. The van der Waals surface area contributed by atoms with Crippen molar-refractivity contribution in [1.29, 1.82) is 0 Å². The standard InChI is InChI=1S/C19H22N4O4S/c1-12-21-16-15(17(24)22-12)7-9-19(16)8-2-10-23(11-19)18(25)13-3-5-14(6-4-13)28(20,26)27/h3-6H,2,7-11H2,1H3,(H2,20,26,27)(H,21,22,24). The van der Waals surface area contributed by atoms with Gasteiger partial charge >= 0.3 is 0 Å². The van der Waals surface area contributed by atoms with E-state index in [1.165, 1.54) is 24.3 Å². The van der Waals surface area contributed by atoms with Crippen molar-refractivity contribution in [2.24, 2.45) is 5.14 Å². The summed E-state index contributed by atoms with van der Waals surface area (Å²) in [5.74, 6) is 0.433. The number of carbonyl (C=O) groups is 1. The molecule has 1 aromatic heterocycles. The molecule has 1 unspecified atom stereocenters. The molecule has 2 aromatic rings. The van der Waals surface area contributed by atoms with Crippen LogP contribution in [0.25, 0.3) is 0 Å². The number of amides is 1. The molecule has 2 aliphatic rings. The van der Waals surface area contributed by atoms with Crippen LogP contribution in [0.1, 0.15) is 46.7 Å². The number of aryl methyl sites for hydroxylation is 1. The molecule has 1 spiro atoms. The van der Waals surface area contributed by atoms with Gasteiger partial charge in [-0.15, -0.1) is 0 Å². The van der Waals surface area contributed by atoms with Crippen LogP contribution < -0.4 is 10.7 Å². The van der Waals surface area contributed by atoms with E-state index < -0.39 is 10.0 Å². The smallest absolute Gasteiger partial charge is 0.254 e. The number of hydrogen-bond acceptors (Lipinski definition) is 5. The van der Waals surface area contributed by atoms with Gasteiger partial charge in [-0.05, 0) is 56.9 Å². The number of benzene rings is 1. The zero-order valence-corrected chi connectivity index (χ0v) is 16.4. The number of hydrogen-bond donors (Lipinski definition) is 2. The van der Waals surface area contributed by atoms with Gasteiger partial charge in [0.2, 0.25) is 10.0 Å². The second-order valence-electron chi connectivity index (χ2n) is 7.66. The SMILES string of the molecule is Cc1nc2c(c(=O)[nH]1)CCC21CCCN(C(=O)c2ccc(S(N)(=O)=O)cc2)C1. The first kappa shape index (κ1) is 18.8. The van der Waals surface area contributed by atoms with Gasteiger partial charge in [-0.2, -0.15) is 0 Å². The summed E-state index contributed by atoms with van der Waals surface area (Å²) in [6.45, 7) is 2.90. The van der Waals surface area contributed by atoms with E-state index in [-0.39, 0.29) is 21.8 Å². The molecule has 0 bridgehead atoms.